The standard InChI is InChI=1S/C25H23FN4O2S/c1-18-7-9-19(10-8-18)16-33-25-29-27-17-30(25)28-14-20-11-12-23(24(13-20)31-2)32-15-21-5-3-4-6-22(21)26/h3-14,17H,15-16H2,1-2H3/b28-14+. The highest BCUT2D eigenvalue weighted by Gasteiger charge is 2.09. The van der Waals surface area contributed by atoms with Crippen LogP contribution in [0.1, 0.15) is 22.3 Å². The molecule has 4 rings (SSSR count). The Bertz CT molecular complexity index is 1240. The molecule has 3 aromatic carbocycles. The predicted octanol–water partition coefficient (Wildman–Crippen LogP) is 5.49. The van der Waals surface area contributed by atoms with Crippen molar-refractivity contribution in [2.45, 2.75) is 24.4 Å². The fraction of sp³-hybridized carbons (Fsp3) is 0.160. The summed E-state index contributed by atoms with van der Waals surface area (Å²) < 4.78 is 26.7. The maximum absolute atomic E-state index is 13.8. The number of halogens is 1. The first kappa shape index (κ1) is 22.5. The zero-order valence-corrected chi connectivity index (χ0v) is 19.1. The lowest BCUT2D eigenvalue weighted by atomic mass is 10.2. The van der Waals surface area contributed by atoms with Crippen molar-refractivity contribution in [3.05, 3.63) is 101 Å². The van der Waals surface area contributed by atoms with Gasteiger partial charge in [0.25, 0.3) is 0 Å². The highest BCUT2D eigenvalue weighted by molar-refractivity contribution is 7.98. The summed E-state index contributed by atoms with van der Waals surface area (Å²) in [5.41, 5.74) is 3.73. The van der Waals surface area contributed by atoms with Crippen LogP contribution in [0, 0.1) is 12.7 Å². The second kappa shape index (κ2) is 10.8. The van der Waals surface area contributed by atoms with Crippen molar-refractivity contribution >= 4 is 18.0 Å². The van der Waals surface area contributed by atoms with Crippen LogP contribution in [0.25, 0.3) is 0 Å². The predicted molar refractivity (Wildman–Crippen MR) is 127 cm³/mol. The summed E-state index contributed by atoms with van der Waals surface area (Å²) in [5.74, 6) is 1.53. The molecule has 0 aliphatic heterocycles. The van der Waals surface area contributed by atoms with Gasteiger partial charge >= 0.3 is 0 Å². The number of thioether (sulfide) groups is 1. The molecule has 0 atom stereocenters. The molecular formula is C25H23FN4O2S. The van der Waals surface area contributed by atoms with E-state index in [0.717, 1.165) is 11.3 Å². The molecule has 168 valence electrons. The average Bonchev–Trinajstić information content (AvgIpc) is 3.29. The van der Waals surface area contributed by atoms with E-state index >= 15 is 0 Å². The van der Waals surface area contributed by atoms with Gasteiger partial charge in [-0.2, -0.15) is 9.78 Å². The number of aromatic nitrogens is 3. The monoisotopic (exact) mass is 462 g/mol. The SMILES string of the molecule is COc1cc(/C=N/n2cnnc2SCc2ccc(C)cc2)ccc1OCc1ccccc1F. The molecule has 0 aliphatic rings. The Balaban J connectivity index is 1.41. The van der Waals surface area contributed by atoms with Gasteiger partial charge in [-0.1, -0.05) is 59.8 Å². The van der Waals surface area contributed by atoms with Crippen molar-refractivity contribution in [1.29, 1.82) is 0 Å². The molecule has 0 radical (unpaired) electrons. The Morgan fingerprint density at radius 1 is 1.06 bits per heavy atom. The van der Waals surface area contributed by atoms with E-state index in [-0.39, 0.29) is 12.4 Å². The first-order valence-electron chi connectivity index (χ1n) is 10.3. The van der Waals surface area contributed by atoms with Gasteiger partial charge in [0.1, 0.15) is 18.8 Å². The third kappa shape index (κ3) is 5.98. The van der Waals surface area contributed by atoms with Crippen LogP contribution in [0.15, 0.2) is 83.3 Å². The van der Waals surface area contributed by atoms with Crippen LogP contribution in [0.3, 0.4) is 0 Å². The quantitative estimate of drug-likeness (QED) is 0.243. The first-order chi connectivity index (χ1) is 16.1. The number of benzene rings is 3. The third-order valence-corrected chi connectivity index (χ3v) is 5.85. The molecule has 0 saturated carbocycles. The maximum Gasteiger partial charge on any atom is 0.212 e. The minimum Gasteiger partial charge on any atom is -0.493 e. The number of nitrogens with zero attached hydrogens (tertiary/aromatic N) is 4. The molecule has 4 aromatic rings. The smallest absolute Gasteiger partial charge is 0.212 e. The second-order valence-electron chi connectivity index (χ2n) is 7.27. The summed E-state index contributed by atoms with van der Waals surface area (Å²) in [4.78, 5) is 0. The molecule has 0 N–H and O–H groups in total. The van der Waals surface area contributed by atoms with Gasteiger partial charge in [0.05, 0.1) is 13.3 Å². The van der Waals surface area contributed by atoms with Crippen LogP contribution in [0.2, 0.25) is 0 Å². The lowest BCUT2D eigenvalue weighted by Gasteiger charge is -2.11. The van der Waals surface area contributed by atoms with E-state index < -0.39 is 0 Å². The van der Waals surface area contributed by atoms with E-state index in [1.165, 1.54) is 17.2 Å². The number of rotatable bonds is 9. The lowest BCUT2D eigenvalue weighted by Crippen LogP contribution is -2.00. The summed E-state index contributed by atoms with van der Waals surface area (Å²) in [6.45, 7) is 2.18. The molecular weight excluding hydrogens is 439 g/mol. The van der Waals surface area contributed by atoms with Crippen LogP contribution in [-0.4, -0.2) is 28.2 Å². The third-order valence-electron chi connectivity index (χ3n) is 4.85. The van der Waals surface area contributed by atoms with Gasteiger partial charge in [-0.3, -0.25) is 0 Å². The highest BCUT2D eigenvalue weighted by atomic mass is 32.2. The Morgan fingerprint density at radius 3 is 2.67 bits per heavy atom. The molecule has 6 nitrogen and oxygen atoms in total. The Hall–Kier alpha value is -3.65. The second-order valence-corrected chi connectivity index (χ2v) is 8.21. The number of hydrogen-bond donors (Lipinski definition) is 0. The lowest BCUT2D eigenvalue weighted by molar-refractivity contribution is 0.279. The van der Waals surface area contributed by atoms with Crippen LogP contribution in [0.4, 0.5) is 4.39 Å². The molecule has 1 aromatic heterocycles. The van der Waals surface area contributed by atoms with Gasteiger partial charge in [-0.25, -0.2) is 4.39 Å². The van der Waals surface area contributed by atoms with Gasteiger partial charge < -0.3 is 9.47 Å². The summed E-state index contributed by atoms with van der Waals surface area (Å²) in [5, 5.41) is 13.3. The van der Waals surface area contributed by atoms with Gasteiger partial charge in [-0.05, 0) is 42.3 Å². The Labute approximate surface area is 196 Å². The normalized spacial score (nSPS) is 11.1. The van der Waals surface area contributed by atoms with Crippen molar-refractivity contribution < 1.29 is 13.9 Å². The van der Waals surface area contributed by atoms with Crippen LogP contribution < -0.4 is 9.47 Å². The van der Waals surface area contributed by atoms with Crippen LogP contribution >= 0.6 is 11.8 Å². The Morgan fingerprint density at radius 2 is 1.88 bits per heavy atom. The van der Waals surface area contributed by atoms with E-state index in [4.69, 9.17) is 9.47 Å². The number of aryl methyl sites for hydroxylation is 1. The van der Waals surface area contributed by atoms with Gasteiger partial charge in [0, 0.05) is 11.3 Å². The first-order valence-corrected chi connectivity index (χ1v) is 11.3. The van der Waals surface area contributed by atoms with E-state index in [9.17, 15) is 4.39 Å². The summed E-state index contributed by atoms with van der Waals surface area (Å²) in [6, 6.07) is 20.4. The molecule has 0 unspecified atom stereocenters. The summed E-state index contributed by atoms with van der Waals surface area (Å²) >= 11 is 1.56. The topological polar surface area (TPSA) is 61.5 Å². The molecule has 33 heavy (non-hydrogen) atoms. The zero-order chi connectivity index (χ0) is 23.0. The van der Waals surface area contributed by atoms with Crippen LogP contribution in [-0.2, 0) is 12.4 Å². The molecule has 0 fully saturated rings. The number of methoxy groups -OCH3 is 1. The van der Waals surface area contributed by atoms with Crippen molar-refractivity contribution in [3.8, 4) is 11.5 Å². The minimum absolute atomic E-state index is 0.110. The largest absolute Gasteiger partial charge is 0.493 e. The average molecular weight is 463 g/mol. The van der Waals surface area contributed by atoms with Crippen molar-refractivity contribution in [3.63, 3.8) is 0 Å². The molecule has 0 aliphatic carbocycles. The van der Waals surface area contributed by atoms with Crippen molar-refractivity contribution in [1.82, 2.24) is 14.9 Å². The van der Waals surface area contributed by atoms with E-state index in [1.807, 2.05) is 12.1 Å². The van der Waals surface area contributed by atoms with E-state index in [2.05, 4.69) is 46.5 Å². The summed E-state index contributed by atoms with van der Waals surface area (Å²) in [7, 11) is 1.56. The maximum atomic E-state index is 13.8. The molecule has 0 bridgehead atoms. The van der Waals surface area contributed by atoms with E-state index in [0.29, 0.717) is 22.2 Å². The summed E-state index contributed by atoms with van der Waals surface area (Å²) in [6.07, 6.45) is 3.26. The van der Waals surface area contributed by atoms with Crippen molar-refractivity contribution in [2.24, 2.45) is 5.10 Å². The highest BCUT2D eigenvalue weighted by Crippen LogP contribution is 2.29. The van der Waals surface area contributed by atoms with Gasteiger partial charge in [-0.15, -0.1) is 10.2 Å². The molecule has 1 heterocycles. The van der Waals surface area contributed by atoms with Gasteiger partial charge in [0.2, 0.25) is 5.16 Å². The van der Waals surface area contributed by atoms with Gasteiger partial charge in [0.15, 0.2) is 11.5 Å². The number of ether oxygens (including phenoxy) is 2. The van der Waals surface area contributed by atoms with Crippen LogP contribution in [0.5, 0.6) is 11.5 Å². The molecule has 0 spiro atoms. The minimum atomic E-state index is -0.301. The fourth-order valence-corrected chi connectivity index (χ4v) is 3.83. The Kier molecular flexibility index (Phi) is 7.36. The molecule has 8 heteroatoms. The fourth-order valence-electron chi connectivity index (χ4n) is 3.01. The molecule has 0 amide bonds. The van der Waals surface area contributed by atoms with Crippen molar-refractivity contribution in [2.75, 3.05) is 7.11 Å². The van der Waals surface area contributed by atoms with E-state index in [1.54, 1.807) is 60.4 Å². The molecule has 0 saturated heterocycles. The number of hydrogen-bond acceptors (Lipinski definition) is 6. The zero-order valence-electron chi connectivity index (χ0n) is 18.3.